The van der Waals surface area contributed by atoms with Crippen molar-refractivity contribution >= 4 is 13.8 Å². The zero-order chi connectivity index (χ0) is 13.4. The lowest BCUT2D eigenvalue weighted by Crippen LogP contribution is -2.11. The Morgan fingerprint density at radius 2 is 2.00 bits per heavy atom. The molecule has 1 atom stereocenters. The zero-order valence-corrected chi connectivity index (χ0v) is 11.3. The lowest BCUT2D eigenvalue weighted by atomic mass is 9.88. The number of rotatable bonds is 7. The van der Waals surface area contributed by atoms with Crippen LogP contribution in [-0.2, 0) is 16.0 Å². The minimum atomic E-state index is -0.236. The Bertz CT molecular complexity index is 359. The minimum Gasteiger partial charge on any atom is -0.465 e. The van der Waals surface area contributed by atoms with Crippen molar-refractivity contribution < 1.29 is 9.53 Å². The number of hydrogen-bond donors (Lipinski definition) is 0. The van der Waals surface area contributed by atoms with Gasteiger partial charge in [0.15, 0.2) is 0 Å². The Morgan fingerprint density at radius 3 is 2.50 bits per heavy atom. The van der Waals surface area contributed by atoms with E-state index in [-0.39, 0.29) is 11.9 Å². The highest BCUT2D eigenvalue weighted by Gasteiger charge is 2.12. The molecule has 1 unspecified atom stereocenters. The fourth-order valence-electron chi connectivity index (χ4n) is 2.01. The smallest absolute Gasteiger partial charge is 0.302 e. The monoisotopic (exact) mass is 244 g/mol. The van der Waals surface area contributed by atoms with E-state index in [9.17, 15) is 4.79 Å². The molecule has 1 aromatic rings. The van der Waals surface area contributed by atoms with Crippen LogP contribution in [0.25, 0.3) is 0 Å². The van der Waals surface area contributed by atoms with Crippen molar-refractivity contribution in [1.82, 2.24) is 0 Å². The van der Waals surface area contributed by atoms with Crippen LogP contribution in [0.4, 0.5) is 0 Å². The summed E-state index contributed by atoms with van der Waals surface area (Å²) in [5, 5.41) is 0. The highest BCUT2D eigenvalue weighted by molar-refractivity contribution is 6.08. The van der Waals surface area contributed by atoms with Gasteiger partial charge in [-0.15, -0.1) is 0 Å². The lowest BCUT2D eigenvalue weighted by Gasteiger charge is -2.16. The van der Waals surface area contributed by atoms with Crippen LogP contribution in [0.3, 0.4) is 0 Å². The highest BCUT2D eigenvalue weighted by atomic mass is 16.5. The number of aryl methyl sites for hydroxylation is 1. The minimum absolute atomic E-state index is 0.203. The van der Waals surface area contributed by atoms with Gasteiger partial charge in [0.25, 0.3) is 0 Å². The van der Waals surface area contributed by atoms with E-state index < -0.39 is 0 Å². The lowest BCUT2D eigenvalue weighted by molar-refractivity contribution is -0.141. The molecule has 3 heteroatoms. The molecular weight excluding hydrogens is 223 g/mol. The van der Waals surface area contributed by atoms with E-state index in [1.54, 1.807) is 0 Å². The molecule has 1 aromatic carbocycles. The fraction of sp³-hybridized carbons (Fsp3) is 0.533. The van der Waals surface area contributed by atoms with Crippen LogP contribution in [0.1, 0.15) is 43.7 Å². The molecule has 0 aliphatic carbocycles. The topological polar surface area (TPSA) is 26.3 Å². The number of hydrogen-bond acceptors (Lipinski definition) is 2. The maximum absolute atomic E-state index is 10.9. The third-order valence-electron chi connectivity index (χ3n) is 2.99. The summed E-state index contributed by atoms with van der Waals surface area (Å²) in [4.78, 5) is 10.9. The molecule has 0 aromatic heterocycles. The Balaban J connectivity index is 2.68. The fourth-order valence-corrected chi connectivity index (χ4v) is 2.01. The van der Waals surface area contributed by atoms with E-state index in [1.807, 2.05) is 0 Å². The molecule has 0 fully saturated rings. The van der Waals surface area contributed by atoms with Crippen molar-refractivity contribution in [3.05, 3.63) is 35.4 Å². The van der Waals surface area contributed by atoms with E-state index in [2.05, 4.69) is 31.2 Å². The molecule has 18 heavy (non-hydrogen) atoms. The van der Waals surface area contributed by atoms with Gasteiger partial charge in [0.2, 0.25) is 0 Å². The van der Waals surface area contributed by atoms with E-state index in [0.29, 0.717) is 12.9 Å². The summed E-state index contributed by atoms with van der Waals surface area (Å²) in [6.45, 7) is 4.02. The molecule has 0 N–H and O–H groups in total. The second-order valence-electron chi connectivity index (χ2n) is 4.57. The Morgan fingerprint density at radius 1 is 1.33 bits per heavy atom. The summed E-state index contributed by atoms with van der Waals surface area (Å²) in [6.07, 6.45) is 3.69. The summed E-state index contributed by atoms with van der Waals surface area (Å²) >= 11 is 0. The van der Waals surface area contributed by atoms with Gasteiger partial charge in [-0.1, -0.05) is 50.4 Å². The van der Waals surface area contributed by atoms with Crippen molar-refractivity contribution in [2.45, 2.75) is 45.3 Å². The molecule has 1 rings (SSSR count). The van der Waals surface area contributed by atoms with E-state index in [0.717, 1.165) is 19.3 Å². The molecule has 0 saturated heterocycles. The molecule has 0 aliphatic rings. The molecule has 0 aliphatic heterocycles. The molecule has 0 amide bonds. The van der Waals surface area contributed by atoms with Crippen LogP contribution < -0.4 is 0 Å². The molecule has 96 valence electrons. The van der Waals surface area contributed by atoms with Crippen molar-refractivity contribution in [3.63, 3.8) is 0 Å². The number of carbonyl (C=O) groups excluding carboxylic acids is 1. The number of esters is 1. The van der Waals surface area contributed by atoms with Gasteiger partial charge < -0.3 is 4.74 Å². The van der Waals surface area contributed by atoms with Crippen molar-refractivity contribution in [3.8, 4) is 0 Å². The standard InChI is InChI=1S/C15H21BO2/c1-3-4-13-5-7-14(8-6-13)15(9-10-16)11-18-12(2)17/h5-8,15H,3-4,9-11H2,1-2H3. The Kier molecular flexibility index (Phi) is 6.55. The number of carbonyl (C=O) groups is 1. The molecule has 0 saturated carbocycles. The van der Waals surface area contributed by atoms with Crippen LogP contribution in [-0.4, -0.2) is 20.4 Å². The van der Waals surface area contributed by atoms with Gasteiger partial charge >= 0.3 is 5.97 Å². The van der Waals surface area contributed by atoms with E-state index >= 15 is 0 Å². The molecule has 0 spiro atoms. The van der Waals surface area contributed by atoms with Crippen molar-refractivity contribution in [1.29, 1.82) is 0 Å². The van der Waals surface area contributed by atoms with Crippen molar-refractivity contribution in [2.75, 3.05) is 6.61 Å². The summed E-state index contributed by atoms with van der Waals surface area (Å²) in [5.74, 6) is -0.0331. The van der Waals surface area contributed by atoms with Gasteiger partial charge in [0.1, 0.15) is 0 Å². The predicted octanol–water partition coefficient (Wildman–Crippen LogP) is 3.26. The molecule has 0 heterocycles. The Labute approximate surface area is 111 Å². The van der Waals surface area contributed by atoms with Gasteiger partial charge in [-0.25, -0.2) is 0 Å². The first-order chi connectivity index (χ1) is 8.67. The third-order valence-corrected chi connectivity index (χ3v) is 2.99. The number of benzene rings is 1. The second-order valence-corrected chi connectivity index (χ2v) is 4.57. The Hall–Kier alpha value is -1.25. The normalized spacial score (nSPS) is 12.1. The summed E-state index contributed by atoms with van der Waals surface area (Å²) in [5.41, 5.74) is 2.54. The average molecular weight is 244 g/mol. The van der Waals surface area contributed by atoms with Crippen LogP contribution in [0, 0.1) is 0 Å². The first kappa shape index (κ1) is 14.8. The van der Waals surface area contributed by atoms with Crippen LogP contribution in [0.15, 0.2) is 24.3 Å². The van der Waals surface area contributed by atoms with Crippen LogP contribution in [0.2, 0.25) is 6.32 Å². The highest BCUT2D eigenvalue weighted by Crippen LogP contribution is 2.22. The maximum atomic E-state index is 10.9. The van der Waals surface area contributed by atoms with Gasteiger partial charge in [-0.3, -0.25) is 4.79 Å². The van der Waals surface area contributed by atoms with Gasteiger partial charge in [-0.2, -0.15) is 0 Å². The zero-order valence-electron chi connectivity index (χ0n) is 11.3. The summed E-state index contributed by atoms with van der Waals surface area (Å²) < 4.78 is 5.09. The largest absolute Gasteiger partial charge is 0.465 e. The first-order valence-corrected chi connectivity index (χ1v) is 6.59. The third kappa shape index (κ3) is 4.95. The van der Waals surface area contributed by atoms with E-state index in [4.69, 9.17) is 12.6 Å². The first-order valence-electron chi connectivity index (χ1n) is 6.59. The maximum Gasteiger partial charge on any atom is 0.302 e. The molecule has 0 bridgehead atoms. The quantitative estimate of drug-likeness (QED) is 0.543. The summed E-state index contributed by atoms with van der Waals surface area (Å²) in [6, 6.07) is 8.54. The number of ether oxygens (including phenoxy) is 1. The summed E-state index contributed by atoms with van der Waals surface area (Å²) in [7, 11) is 5.61. The van der Waals surface area contributed by atoms with Crippen LogP contribution in [0.5, 0.6) is 0 Å². The van der Waals surface area contributed by atoms with E-state index in [1.165, 1.54) is 18.1 Å². The second kappa shape index (κ2) is 7.96. The van der Waals surface area contributed by atoms with Gasteiger partial charge in [0, 0.05) is 12.8 Å². The van der Waals surface area contributed by atoms with Gasteiger partial charge in [0.05, 0.1) is 14.5 Å². The van der Waals surface area contributed by atoms with Crippen LogP contribution >= 0.6 is 0 Å². The van der Waals surface area contributed by atoms with Gasteiger partial charge in [-0.05, 0) is 17.5 Å². The molecule has 2 radical (unpaired) electrons. The average Bonchev–Trinajstić information content (AvgIpc) is 2.36. The van der Waals surface area contributed by atoms with Crippen molar-refractivity contribution in [2.24, 2.45) is 0 Å². The SMILES string of the molecule is [B]CCC(COC(C)=O)c1ccc(CCC)cc1. The molecule has 2 nitrogen and oxygen atoms in total. The predicted molar refractivity (Wildman–Crippen MR) is 75.0 cm³/mol. The molecular formula is C15H21BO2.